The second-order valence-electron chi connectivity index (χ2n) is 21.9. The first-order valence-corrected chi connectivity index (χ1v) is 31.4. The smallest absolute Gasteiger partial charge is 0.220 e. The van der Waals surface area contributed by atoms with E-state index in [4.69, 9.17) is 9.47 Å². The molecule has 1 amide bonds. The van der Waals surface area contributed by atoms with Gasteiger partial charge in [-0.25, -0.2) is 0 Å². The van der Waals surface area contributed by atoms with Gasteiger partial charge in [-0.15, -0.1) is 0 Å². The van der Waals surface area contributed by atoms with Gasteiger partial charge in [0.15, 0.2) is 6.29 Å². The van der Waals surface area contributed by atoms with Crippen LogP contribution in [-0.4, -0.2) is 87.5 Å². The van der Waals surface area contributed by atoms with Crippen molar-refractivity contribution in [3.8, 4) is 0 Å². The minimum atomic E-state index is -1.57. The van der Waals surface area contributed by atoms with Crippen LogP contribution in [0.1, 0.15) is 296 Å². The van der Waals surface area contributed by atoms with Crippen molar-refractivity contribution in [1.82, 2.24) is 5.32 Å². The number of aliphatic hydroxyl groups is 5. The van der Waals surface area contributed by atoms with E-state index in [2.05, 4.69) is 55.6 Å². The molecule has 0 aromatic heterocycles. The molecule has 73 heavy (non-hydrogen) atoms. The molecule has 1 aliphatic heterocycles. The maximum absolute atomic E-state index is 13.0. The van der Waals surface area contributed by atoms with Crippen molar-refractivity contribution in [2.45, 2.75) is 339 Å². The summed E-state index contributed by atoms with van der Waals surface area (Å²) in [5.41, 5.74) is 0. The number of aliphatic hydroxyl groups excluding tert-OH is 5. The van der Waals surface area contributed by atoms with E-state index in [1.807, 2.05) is 6.08 Å². The van der Waals surface area contributed by atoms with Gasteiger partial charge in [0.2, 0.25) is 5.91 Å². The van der Waals surface area contributed by atoms with E-state index in [0.717, 1.165) is 51.4 Å². The van der Waals surface area contributed by atoms with Gasteiger partial charge in [-0.3, -0.25) is 4.79 Å². The topological polar surface area (TPSA) is 149 Å². The number of amides is 1. The fourth-order valence-corrected chi connectivity index (χ4v) is 9.93. The minimum absolute atomic E-state index is 0.173. The zero-order valence-corrected chi connectivity index (χ0v) is 47.6. The monoisotopic (exact) mass is 1030 g/mol. The number of carbonyl (C=O) groups is 1. The maximum Gasteiger partial charge on any atom is 0.220 e. The summed E-state index contributed by atoms with van der Waals surface area (Å²) < 4.78 is 11.3. The molecule has 0 bridgehead atoms. The minimum Gasteiger partial charge on any atom is -0.394 e. The van der Waals surface area contributed by atoms with E-state index in [1.165, 1.54) is 225 Å². The summed E-state index contributed by atoms with van der Waals surface area (Å²) in [6.07, 6.45) is 64.9. The third kappa shape index (κ3) is 42.9. The predicted octanol–water partition coefficient (Wildman–Crippen LogP) is 16.1. The van der Waals surface area contributed by atoms with Crippen LogP contribution in [0.15, 0.2) is 48.6 Å². The first-order chi connectivity index (χ1) is 35.8. The number of allylic oxidation sites excluding steroid dienone is 7. The van der Waals surface area contributed by atoms with Gasteiger partial charge in [0, 0.05) is 6.42 Å². The van der Waals surface area contributed by atoms with Crippen molar-refractivity contribution < 1.29 is 39.8 Å². The summed E-state index contributed by atoms with van der Waals surface area (Å²) in [6.45, 7) is 3.78. The molecule has 428 valence electrons. The summed E-state index contributed by atoms with van der Waals surface area (Å²) in [4.78, 5) is 13.0. The predicted molar refractivity (Wildman–Crippen MR) is 309 cm³/mol. The van der Waals surface area contributed by atoms with Gasteiger partial charge in [0.25, 0.3) is 0 Å². The Morgan fingerprint density at radius 2 is 0.808 bits per heavy atom. The summed E-state index contributed by atoms with van der Waals surface area (Å²) in [5, 5.41) is 54.4. The van der Waals surface area contributed by atoms with Gasteiger partial charge in [-0.1, -0.05) is 281 Å². The highest BCUT2D eigenvalue weighted by Crippen LogP contribution is 2.23. The Labute approximate surface area is 450 Å². The lowest BCUT2D eigenvalue weighted by Gasteiger charge is -2.40. The molecule has 1 aliphatic rings. The largest absolute Gasteiger partial charge is 0.394 e. The molecule has 0 saturated carbocycles. The van der Waals surface area contributed by atoms with Crippen molar-refractivity contribution >= 4 is 5.91 Å². The molecule has 9 heteroatoms. The molecule has 9 nitrogen and oxygen atoms in total. The first kappa shape index (κ1) is 69.2. The molecule has 0 spiro atoms. The van der Waals surface area contributed by atoms with Crippen molar-refractivity contribution in [1.29, 1.82) is 0 Å². The fourth-order valence-electron chi connectivity index (χ4n) is 9.93. The molecule has 1 rings (SSSR count). The number of hydrogen-bond acceptors (Lipinski definition) is 8. The van der Waals surface area contributed by atoms with E-state index in [9.17, 15) is 30.3 Å². The molecule has 0 aromatic carbocycles. The number of carbonyl (C=O) groups excluding carboxylic acids is 1. The van der Waals surface area contributed by atoms with Crippen LogP contribution in [0.25, 0.3) is 0 Å². The van der Waals surface area contributed by atoms with E-state index in [-0.39, 0.29) is 12.5 Å². The lowest BCUT2D eigenvalue weighted by molar-refractivity contribution is -0.302. The van der Waals surface area contributed by atoms with Gasteiger partial charge in [0.05, 0.1) is 25.4 Å². The molecule has 0 aliphatic carbocycles. The van der Waals surface area contributed by atoms with Crippen molar-refractivity contribution in [2.75, 3.05) is 13.2 Å². The maximum atomic E-state index is 13.0. The molecular formula is C64H119NO8. The first-order valence-electron chi connectivity index (χ1n) is 31.4. The number of nitrogens with one attached hydrogen (secondary N) is 1. The molecule has 1 heterocycles. The van der Waals surface area contributed by atoms with Gasteiger partial charge >= 0.3 is 0 Å². The zero-order chi connectivity index (χ0) is 52.9. The van der Waals surface area contributed by atoms with Crippen LogP contribution in [0, 0.1) is 0 Å². The number of rotatable bonds is 54. The molecule has 6 N–H and O–H groups in total. The van der Waals surface area contributed by atoms with Gasteiger partial charge in [-0.2, -0.15) is 0 Å². The molecule has 0 aromatic rings. The molecule has 1 fully saturated rings. The van der Waals surface area contributed by atoms with Crippen LogP contribution in [0.5, 0.6) is 0 Å². The molecular weight excluding hydrogens is 911 g/mol. The summed E-state index contributed by atoms with van der Waals surface area (Å²) >= 11 is 0. The van der Waals surface area contributed by atoms with E-state index < -0.39 is 49.5 Å². The van der Waals surface area contributed by atoms with Crippen LogP contribution >= 0.6 is 0 Å². The van der Waals surface area contributed by atoms with Crippen LogP contribution in [0.3, 0.4) is 0 Å². The molecule has 7 atom stereocenters. The second-order valence-corrected chi connectivity index (χ2v) is 21.9. The number of ether oxygens (including phenoxy) is 2. The normalized spacial score (nSPS) is 19.4. The van der Waals surface area contributed by atoms with Crippen LogP contribution in [0.4, 0.5) is 0 Å². The second kappa shape index (κ2) is 53.5. The Hall–Kier alpha value is -1.85. The van der Waals surface area contributed by atoms with Gasteiger partial charge < -0.3 is 40.3 Å². The van der Waals surface area contributed by atoms with Crippen molar-refractivity contribution in [3.05, 3.63) is 48.6 Å². The van der Waals surface area contributed by atoms with E-state index in [1.54, 1.807) is 6.08 Å². The Morgan fingerprint density at radius 1 is 0.466 bits per heavy atom. The number of unbranched alkanes of at least 4 members (excludes halogenated alkanes) is 38. The summed E-state index contributed by atoms with van der Waals surface area (Å²) in [7, 11) is 0. The summed E-state index contributed by atoms with van der Waals surface area (Å²) in [5.74, 6) is -0.173. The lowest BCUT2D eigenvalue weighted by Crippen LogP contribution is -2.60. The third-order valence-corrected chi connectivity index (χ3v) is 14.9. The highest BCUT2D eigenvalue weighted by molar-refractivity contribution is 5.76. The molecule has 0 radical (unpaired) electrons. The van der Waals surface area contributed by atoms with Crippen LogP contribution < -0.4 is 5.32 Å². The van der Waals surface area contributed by atoms with E-state index in [0.29, 0.717) is 6.42 Å². The lowest BCUT2D eigenvalue weighted by atomic mass is 9.99. The van der Waals surface area contributed by atoms with Crippen molar-refractivity contribution in [2.24, 2.45) is 0 Å². The molecule has 1 saturated heterocycles. The SMILES string of the molecule is CCCCCCC/C=C\C/C=C\C/C=C\CCCCCCCCCCCCCCCCCCCCCCCCC(=O)NC(COC1OC(CO)C(O)C(O)C1O)C(O)/C=C/CCCCCCCCCCCCC. The molecule has 7 unspecified atom stereocenters. The Bertz CT molecular complexity index is 1290. The Morgan fingerprint density at radius 3 is 1.19 bits per heavy atom. The third-order valence-electron chi connectivity index (χ3n) is 14.9. The summed E-state index contributed by atoms with van der Waals surface area (Å²) in [6, 6.07) is -0.803. The van der Waals surface area contributed by atoms with Crippen LogP contribution in [0.2, 0.25) is 0 Å². The van der Waals surface area contributed by atoms with E-state index >= 15 is 0 Å². The Balaban J connectivity index is 2.06. The highest BCUT2D eigenvalue weighted by Gasteiger charge is 2.44. The fraction of sp³-hybridized carbons (Fsp3) is 0.859. The zero-order valence-electron chi connectivity index (χ0n) is 47.6. The number of hydrogen-bond donors (Lipinski definition) is 6. The van der Waals surface area contributed by atoms with Gasteiger partial charge in [-0.05, 0) is 57.8 Å². The van der Waals surface area contributed by atoms with Gasteiger partial charge in [0.1, 0.15) is 24.4 Å². The quantitative estimate of drug-likeness (QED) is 0.0261. The average molecular weight is 1030 g/mol. The standard InChI is InChI=1S/C64H119NO8/c1-3-5-7-9-11-13-15-17-18-19-20-21-22-23-24-25-26-27-28-29-30-31-32-33-34-35-36-37-38-39-40-42-44-46-48-50-52-54-60(68)65-57(56-72-64-63(71)62(70)61(69)59(55-66)73-64)58(67)53-51-49-47-45-43-41-16-14-12-10-8-6-4-2/h15,17,19-20,22-23,51,53,57-59,61-64,66-67,69-71H,3-14,16,18,21,24-50,52,54-56H2,1-2H3,(H,65,68)/b17-15-,20-19-,23-22-,53-51+. The van der Waals surface area contributed by atoms with Crippen molar-refractivity contribution in [3.63, 3.8) is 0 Å². The highest BCUT2D eigenvalue weighted by atomic mass is 16.7. The average Bonchev–Trinajstić information content (AvgIpc) is 3.39. The van der Waals surface area contributed by atoms with Crippen LogP contribution in [-0.2, 0) is 14.3 Å². The Kier molecular flexibility index (Phi) is 50.7.